The summed E-state index contributed by atoms with van der Waals surface area (Å²) in [7, 11) is 2.78. The molecule has 1 aromatic carbocycles. The van der Waals surface area contributed by atoms with Gasteiger partial charge in [-0.2, -0.15) is 0 Å². The molecule has 0 fully saturated rings. The summed E-state index contributed by atoms with van der Waals surface area (Å²) in [6.45, 7) is 7.08. The summed E-state index contributed by atoms with van der Waals surface area (Å²) < 4.78 is 32.5. The van der Waals surface area contributed by atoms with E-state index in [0.29, 0.717) is 42.4 Å². The van der Waals surface area contributed by atoms with Crippen LogP contribution in [0.4, 0.5) is 4.39 Å². The van der Waals surface area contributed by atoms with Gasteiger partial charge in [0.1, 0.15) is 11.3 Å². The van der Waals surface area contributed by atoms with Crippen LogP contribution in [0, 0.1) is 11.2 Å². The molecule has 1 aliphatic heterocycles. The van der Waals surface area contributed by atoms with Crippen LogP contribution < -0.4 is 10.2 Å². The van der Waals surface area contributed by atoms with Gasteiger partial charge in [0.15, 0.2) is 5.82 Å². The van der Waals surface area contributed by atoms with E-state index in [4.69, 9.17) is 21.1 Å². The number of carbonyl (C=O) groups excluding carboxylic acids is 1. The fraction of sp³-hybridized carbons (Fsp3) is 0.478. The molecule has 0 radical (unpaired) electrons. The first-order valence-electron chi connectivity index (χ1n) is 10.1. The first-order chi connectivity index (χ1) is 14.6. The zero-order valence-corrected chi connectivity index (χ0v) is 19.1. The van der Waals surface area contributed by atoms with Crippen molar-refractivity contribution in [3.8, 4) is 17.0 Å². The predicted octanol–water partition coefficient (Wildman–Crippen LogP) is 4.65. The molecule has 6 nitrogen and oxygen atoms in total. The molecule has 0 unspecified atom stereocenters. The standard InChI is InChI=1S/C23H27ClFNO5/c1-23(2,3)18-10-13-9-17(31-8-6-7-29-4)16(24)11-14(13)20-19(25)21(27)15(12-26(18)20)22(28)30-5/h9,11-12,18H,6-8,10H2,1-5H3/t18-/m0/s1. The summed E-state index contributed by atoms with van der Waals surface area (Å²) in [5.74, 6) is -1.36. The van der Waals surface area contributed by atoms with Crippen molar-refractivity contribution >= 4 is 17.6 Å². The second-order valence-corrected chi connectivity index (χ2v) is 9.06. The summed E-state index contributed by atoms with van der Waals surface area (Å²) in [5, 5.41) is 0.320. The summed E-state index contributed by atoms with van der Waals surface area (Å²) in [6, 6.07) is 3.22. The fourth-order valence-electron chi connectivity index (χ4n) is 3.87. The summed E-state index contributed by atoms with van der Waals surface area (Å²) in [5.41, 5.74) is -0.150. The highest BCUT2D eigenvalue weighted by Crippen LogP contribution is 2.45. The van der Waals surface area contributed by atoms with E-state index in [1.165, 1.54) is 6.20 Å². The first kappa shape index (κ1) is 23.3. The lowest BCUT2D eigenvalue weighted by Crippen LogP contribution is -2.34. The SMILES string of the molecule is COCCCOc1cc2c(cc1Cl)-c1c(F)c(=O)c(C(=O)OC)cn1[C@H](C(C)(C)C)C2. The average molecular weight is 452 g/mol. The molecule has 1 aliphatic rings. The third kappa shape index (κ3) is 4.48. The third-order valence-electron chi connectivity index (χ3n) is 5.50. The first-order valence-corrected chi connectivity index (χ1v) is 10.5. The van der Waals surface area contributed by atoms with Crippen LogP contribution in [0.1, 0.15) is 49.2 Å². The maximum Gasteiger partial charge on any atom is 0.343 e. The molecule has 0 saturated carbocycles. The van der Waals surface area contributed by atoms with Crippen molar-refractivity contribution in [1.82, 2.24) is 4.57 Å². The van der Waals surface area contributed by atoms with Crippen molar-refractivity contribution in [2.75, 3.05) is 27.4 Å². The molecule has 1 atom stereocenters. The van der Waals surface area contributed by atoms with E-state index in [1.807, 2.05) is 26.8 Å². The molecular formula is C23H27ClFNO5. The van der Waals surface area contributed by atoms with E-state index in [9.17, 15) is 9.59 Å². The third-order valence-corrected chi connectivity index (χ3v) is 5.79. The lowest BCUT2D eigenvalue weighted by Gasteiger charge is -2.39. The molecule has 1 aromatic heterocycles. The van der Waals surface area contributed by atoms with Gasteiger partial charge in [0.2, 0.25) is 5.43 Å². The Morgan fingerprint density at radius 1 is 1.26 bits per heavy atom. The maximum absolute atomic E-state index is 15.4. The number of esters is 1. The molecule has 0 bridgehead atoms. The van der Waals surface area contributed by atoms with Crippen molar-refractivity contribution in [2.45, 2.75) is 39.7 Å². The largest absolute Gasteiger partial charge is 0.492 e. The second kappa shape index (κ2) is 9.01. The Morgan fingerprint density at radius 3 is 2.58 bits per heavy atom. The van der Waals surface area contributed by atoms with E-state index in [0.717, 1.165) is 12.7 Å². The number of benzene rings is 1. The van der Waals surface area contributed by atoms with Crippen LogP contribution in [-0.4, -0.2) is 38.0 Å². The fourth-order valence-corrected chi connectivity index (χ4v) is 4.09. The zero-order chi connectivity index (χ0) is 22.9. The minimum absolute atomic E-state index is 0.117. The second-order valence-electron chi connectivity index (χ2n) is 8.65. The molecule has 31 heavy (non-hydrogen) atoms. The normalized spacial score (nSPS) is 15.3. The van der Waals surface area contributed by atoms with Gasteiger partial charge in [-0.25, -0.2) is 9.18 Å². The number of nitrogens with zero attached hydrogens (tertiary/aromatic N) is 1. The number of fused-ring (bicyclic) bond motifs is 3. The number of aromatic nitrogens is 1. The zero-order valence-electron chi connectivity index (χ0n) is 18.4. The van der Waals surface area contributed by atoms with E-state index >= 15 is 4.39 Å². The maximum atomic E-state index is 15.4. The number of carbonyl (C=O) groups is 1. The Balaban J connectivity index is 2.18. The molecule has 0 aliphatic carbocycles. The van der Waals surface area contributed by atoms with Crippen LogP contribution in [-0.2, 0) is 15.9 Å². The highest BCUT2D eigenvalue weighted by Gasteiger charge is 2.36. The molecule has 8 heteroatoms. The lowest BCUT2D eigenvalue weighted by atomic mass is 9.78. The number of halogens is 2. The Morgan fingerprint density at radius 2 is 1.97 bits per heavy atom. The molecule has 2 aromatic rings. The van der Waals surface area contributed by atoms with Crippen LogP contribution >= 0.6 is 11.6 Å². The molecule has 0 amide bonds. The van der Waals surface area contributed by atoms with Crippen LogP contribution in [0.15, 0.2) is 23.1 Å². The van der Waals surface area contributed by atoms with Gasteiger partial charge in [0.25, 0.3) is 0 Å². The molecule has 0 N–H and O–H groups in total. The van der Waals surface area contributed by atoms with Gasteiger partial charge >= 0.3 is 5.97 Å². The van der Waals surface area contributed by atoms with E-state index < -0.39 is 17.2 Å². The van der Waals surface area contributed by atoms with Gasteiger partial charge in [-0.1, -0.05) is 32.4 Å². The molecule has 0 saturated heterocycles. The van der Waals surface area contributed by atoms with Gasteiger partial charge in [0.05, 0.1) is 24.4 Å². The van der Waals surface area contributed by atoms with Crippen LogP contribution in [0.3, 0.4) is 0 Å². The Hall–Kier alpha value is -2.38. The van der Waals surface area contributed by atoms with Gasteiger partial charge in [0, 0.05) is 37.9 Å². The predicted molar refractivity (Wildman–Crippen MR) is 117 cm³/mol. The summed E-state index contributed by atoms with van der Waals surface area (Å²) in [6.07, 6.45) is 2.66. The number of rotatable bonds is 6. The molecule has 168 valence electrons. The number of ether oxygens (including phenoxy) is 3. The van der Waals surface area contributed by atoms with Gasteiger partial charge < -0.3 is 18.8 Å². The number of methoxy groups -OCH3 is 2. The molecule has 3 rings (SSSR count). The van der Waals surface area contributed by atoms with E-state index in [-0.39, 0.29) is 22.7 Å². The number of hydrogen-bond acceptors (Lipinski definition) is 5. The molecule has 0 spiro atoms. The monoisotopic (exact) mass is 451 g/mol. The summed E-state index contributed by atoms with van der Waals surface area (Å²) in [4.78, 5) is 24.7. The van der Waals surface area contributed by atoms with Crippen molar-refractivity contribution in [1.29, 1.82) is 0 Å². The van der Waals surface area contributed by atoms with Crippen molar-refractivity contribution in [2.24, 2.45) is 5.41 Å². The quantitative estimate of drug-likeness (QED) is 0.472. The Bertz CT molecular complexity index is 1060. The van der Waals surface area contributed by atoms with Crippen molar-refractivity contribution in [3.05, 3.63) is 50.5 Å². The Kier molecular flexibility index (Phi) is 6.76. The van der Waals surface area contributed by atoms with Gasteiger partial charge in [-0.3, -0.25) is 4.79 Å². The lowest BCUT2D eigenvalue weighted by molar-refractivity contribution is 0.0596. The van der Waals surface area contributed by atoms with Gasteiger partial charge in [-0.05, 0) is 29.5 Å². The smallest absolute Gasteiger partial charge is 0.343 e. The minimum atomic E-state index is -0.997. The van der Waals surface area contributed by atoms with E-state index in [1.54, 1.807) is 17.7 Å². The van der Waals surface area contributed by atoms with Crippen LogP contribution in [0.25, 0.3) is 11.3 Å². The minimum Gasteiger partial charge on any atom is -0.492 e. The highest BCUT2D eigenvalue weighted by molar-refractivity contribution is 6.32. The topological polar surface area (TPSA) is 66.8 Å². The van der Waals surface area contributed by atoms with Crippen molar-refractivity contribution < 1.29 is 23.4 Å². The molecular weight excluding hydrogens is 425 g/mol. The average Bonchev–Trinajstić information content (AvgIpc) is 2.71. The summed E-state index contributed by atoms with van der Waals surface area (Å²) >= 11 is 6.42. The van der Waals surface area contributed by atoms with Crippen LogP contribution in [0.2, 0.25) is 5.02 Å². The Labute approximate surface area is 185 Å². The molecule has 2 heterocycles. The van der Waals surface area contributed by atoms with Crippen molar-refractivity contribution in [3.63, 3.8) is 0 Å². The highest BCUT2D eigenvalue weighted by atomic mass is 35.5. The van der Waals surface area contributed by atoms with E-state index in [2.05, 4.69) is 4.74 Å². The number of pyridine rings is 1. The number of hydrogen-bond donors (Lipinski definition) is 0. The van der Waals surface area contributed by atoms with Crippen LogP contribution in [0.5, 0.6) is 5.75 Å². The van der Waals surface area contributed by atoms with Gasteiger partial charge in [-0.15, -0.1) is 0 Å².